The lowest BCUT2D eigenvalue weighted by molar-refractivity contribution is 0.174. The number of aromatic amines is 1. The highest BCUT2D eigenvalue weighted by Crippen LogP contribution is 2.42. The van der Waals surface area contributed by atoms with Crippen molar-refractivity contribution in [2.75, 3.05) is 13.3 Å². The van der Waals surface area contributed by atoms with Crippen LogP contribution in [0, 0.1) is 0 Å². The molecule has 1 aromatic heterocycles. The van der Waals surface area contributed by atoms with Gasteiger partial charge in [-0.3, -0.25) is 0 Å². The number of ether oxygens (including phenoxy) is 2. The van der Waals surface area contributed by atoms with Crippen molar-refractivity contribution in [2.24, 2.45) is 0 Å². The van der Waals surface area contributed by atoms with Crippen molar-refractivity contribution in [3.05, 3.63) is 95.2 Å². The summed E-state index contributed by atoms with van der Waals surface area (Å²) in [5.41, 5.74) is 6.06. The quantitative estimate of drug-likeness (QED) is 0.442. The molecule has 5 nitrogen and oxygen atoms in total. The molecule has 0 amide bonds. The van der Waals surface area contributed by atoms with Gasteiger partial charge in [0, 0.05) is 29.7 Å². The van der Waals surface area contributed by atoms with Gasteiger partial charge in [0.1, 0.15) is 0 Å². The first kappa shape index (κ1) is 19.2. The molecule has 3 aromatic carbocycles. The Morgan fingerprint density at radius 1 is 1.00 bits per heavy atom. The van der Waals surface area contributed by atoms with E-state index in [1.165, 1.54) is 22.2 Å². The summed E-state index contributed by atoms with van der Waals surface area (Å²) in [4.78, 5) is 5.98. The molecule has 4 aromatic rings. The van der Waals surface area contributed by atoms with Crippen LogP contribution in [0.4, 0.5) is 0 Å². The van der Waals surface area contributed by atoms with Crippen LogP contribution < -0.4 is 14.8 Å². The van der Waals surface area contributed by atoms with E-state index in [-0.39, 0.29) is 12.8 Å². The van der Waals surface area contributed by atoms with Gasteiger partial charge in [-0.1, -0.05) is 54.6 Å². The summed E-state index contributed by atoms with van der Waals surface area (Å²) in [6.45, 7) is 1.81. The van der Waals surface area contributed by atoms with Gasteiger partial charge in [-0.05, 0) is 53.5 Å². The topological polar surface area (TPSA) is 49.5 Å². The molecule has 1 atom stereocenters. The van der Waals surface area contributed by atoms with Gasteiger partial charge in [0.05, 0.1) is 6.04 Å². The van der Waals surface area contributed by atoms with Gasteiger partial charge in [-0.15, -0.1) is 0 Å². The second-order valence-electron chi connectivity index (χ2n) is 8.17. The van der Waals surface area contributed by atoms with Gasteiger partial charge >= 0.3 is 0 Å². The molecule has 32 heavy (non-hydrogen) atoms. The molecular weight excluding hydrogens is 418 g/mol. The van der Waals surface area contributed by atoms with E-state index in [9.17, 15) is 0 Å². The minimum Gasteiger partial charge on any atom is -0.454 e. The Kier molecular flexibility index (Phi) is 4.72. The molecule has 0 bridgehead atoms. The van der Waals surface area contributed by atoms with Gasteiger partial charge in [0.2, 0.25) is 6.79 Å². The molecule has 2 aliphatic rings. The lowest BCUT2D eigenvalue weighted by atomic mass is 9.92. The molecule has 0 radical (unpaired) electrons. The normalized spacial score (nSPS) is 16.8. The van der Waals surface area contributed by atoms with Crippen molar-refractivity contribution >= 4 is 28.2 Å². The average molecular weight is 442 g/mol. The number of hydrogen-bond acceptors (Lipinski definition) is 3. The largest absolute Gasteiger partial charge is 0.454 e. The Morgan fingerprint density at radius 3 is 2.72 bits per heavy atom. The van der Waals surface area contributed by atoms with Crippen molar-refractivity contribution in [1.82, 2.24) is 15.2 Å². The van der Waals surface area contributed by atoms with E-state index < -0.39 is 0 Å². The first-order chi connectivity index (χ1) is 15.8. The van der Waals surface area contributed by atoms with Crippen molar-refractivity contribution in [3.63, 3.8) is 0 Å². The molecular formula is C26H23N3O2S. The number of fused-ring (bicyclic) bond motifs is 4. The number of benzene rings is 3. The predicted molar refractivity (Wildman–Crippen MR) is 129 cm³/mol. The van der Waals surface area contributed by atoms with Gasteiger partial charge in [-0.2, -0.15) is 0 Å². The van der Waals surface area contributed by atoms with Crippen LogP contribution in [0.2, 0.25) is 0 Å². The molecule has 6 heteroatoms. The van der Waals surface area contributed by atoms with Gasteiger partial charge in [0.25, 0.3) is 0 Å². The molecule has 0 saturated carbocycles. The maximum Gasteiger partial charge on any atom is 0.231 e. The summed E-state index contributed by atoms with van der Waals surface area (Å²) >= 11 is 5.90. The van der Waals surface area contributed by atoms with Crippen LogP contribution in [0.15, 0.2) is 72.8 Å². The summed E-state index contributed by atoms with van der Waals surface area (Å²) in [6.07, 6.45) is 0.938. The van der Waals surface area contributed by atoms with E-state index in [1.807, 2.05) is 24.3 Å². The number of thiocarbonyl (C=S) groups is 1. The molecule has 0 fully saturated rings. The standard InChI is InChI=1S/C26H23N3O2S/c32-26(27-15-17-6-2-1-3-7-17)29-13-12-20-19-8-4-5-9-21(19)28-24(20)25(29)18-10-11-22-23(14-18)31-16-30-22/h1-11,14,25,28H,12-13,15-16H2,(H,27,32). The Hall–Kier alpha value is -3.51. The van der Waals surface area contributed by atoms with Crippen LogP contribution >= 0.6 is 12.2 Å². The monoisotopic (exact) mass is 441 g/mol. The van der Waals surface area contributed by atoms with Gasteiger partial charge < -0.3 is 24.7 Å². The van der Waals surface area contributed by atoms with Crippen molar-refractivity contribution in [1.29, 1.82) is 0 Å². The zero-order valence-corrected chi connectivity index (χ0v) is 18.3. The SMILES string of the molecule is S=C(NCc1ccccc1)N1CCc2c([nH]c3ccccc23)C1c1ccc2c(c1)OCO2. The maximum absolute atomic E-state index is 5.90. The molecule has 2 aliphatic heterocycles. The molecule has 0 aliphatic carbocycles. The van der Waals surface area contributed by atoms with Crippen molar-refractivity contribution in [3.8, 4) is 11.5 Å². The van der Waals surface area contributed by atoms with Crippen LogP contribution in [-0.2, 0) is 13.0 Å². The fraction of sp³-hybridized carbons (Fsp3) is 0.192. The molecule has 160 valence electrons. The number of rotatable bonds is 3. The minimum absolute atomic E-state index is 0.0311. The predicted octanol–water partition coefficient (Wildman–Crippen LogP) is 4.92. The first-order valence-electron chi connectivity index (χ1n) is 10.9. The number of para-hydroxylation sites is 1. The summed E-state index contributed by atoms with van der Waals surface area (Å²) in [5, 5.41) is 5.51. The first-order valence-corrected chi connectivity index (χ1v) is 11.3. The summed E-state index contributed by atoms with van der Waals surface area (Å²) in [6, 6.07) is 25.0. The van der Waals surface area contributed by atoms with Crippen LogP contribution in [0.1, 0.15) is 28.4 Å². The molecule has 1 unspecified atom stereocenters. The van der Waals surface area contributed by atoms with Gasteiger partial charge in [0.15, 0.2) is 16.6 Å². The smallest absolute Gasteiger partial charge is 0.231 e. The van der Waals surface area contributed by atoms with E-state index in [0.717, 1.165) is 40.7 Å². The number of hydrogen-bond donors (Lipinski definition) is 2. The third-order valence-corrected chi connectivity index (χ3v) is 6.67. The average Bonchev–Trinajstić information content (AvgIpc) is 3.46. The Balaban J connectivity index is 1.39. The fourth-order valence-electron chi connectivity index (χ4n) is 4.76. The number of nitrogens with zero attached hydrogens (tertiary/aromatic N) is 1. The number of H-pyrrole nitrogens is 1. The van der Waals surface area contributed by atoms with Gasteiger partial charge in [-0.25, -0.2) is 0 Å². The van der Waals surface area contributed by atoms with E-state index in [2.05, 4.69) is 63.7 Å². The second-order valence-corrected chi connectivity index (χ2v) is 8.55. The highest BCUT2D eigenvalue weighted by molar-refractivity contribution is 7.80. The van der Waals surface area contributed by atoms with E-state index >= 15 is 0 Å². The van der Waals surface area contributed by atoms with Crippen LogP contribution in [-0.4, -0.2) is 28.3 Å². The Bertz CT molecular complexity index is 1300. The van der Waals surface area contributed by atoms with Crippen LogP contribution in [0.25, 0.3) is 10.9 Å². The highest BCUT2D eigenvalue weighted by Gasteiger charge is 2.34. The molecule has 0 saturated heterocycles. The summed E-state index contributed by atoms with van der Waals surface area (Å²) < 4.78 is 11.2. The summed E-state index contributed by atoms with van der Waals surface area (Å²) in [5.74, 6) is 1.58. The van der Waals surface area contributed by atoms with E-state index in [4.69, 9.17) is 21.7 Å². The summed E-state index contributed by atoms with van der Waals surface area (Å²) in [7, 11) is 0. The number of aromatic nitrogens is 1. The zero-order chi connectivity index (χ0) is 21.5. The fourth-order valence-corrected chi connectivity index (χ4v) is 5.03. The Morgan fingerprint density at radius 2 is 1.81 bits per heavy atom. The molecule has 6 rings (SSSR count). The van der Waals surface area contributed by atoms with E-state index in [1.54, 1.807) is 0 Å². The highest BCUT2D eigenvalue weighted by atomic mass is 32.1. The lowest BCUT2D eigenvalue weighted by Gasteiger charge is -2.38. The lowest BCUT2D eigenvalue weighted by Crippen LogP contribution is -2.45. The molecule has 3 heterocycles. The zero-order valence-electron chi connectivity index (χ0n) is 17.5. The van der Waals surface area contributed by atoms with E-state index in [0.29, 0.717) is 6.54 Å². The number of nitrogens with one attached hydrogen (secondary N) is 2. The third-order valence-electron chi connectivity index (χ3n) is 6.29. The maximum atomic E-state index is 5.90. The molecule has 2 N–H and O–H groups in total. The van der Waals surface area contributed by atoms with Crippen LogP contribution in [0.3, 0.4) is 0 Å². The van der Waals surface area contributed by atoms with Crippen molar-refractivity contribution in [2.45, 2.75) is 19.0 Å². The van der Waals surface area contributed by atoms with Crippen molar-refractivity contribution < 1.29 is 9.47 Å². The van der Waals surface area contributed by atoms with Crippen LogP contribution in [0.5, 0.6) is 11.5 Å². The Labute approximate surface area is 192 Å². The second kappa shape index (κ2) is 7.88. The molecule has 0 spiro atoms. The third kappa shape index (κ3) is 3.28. The minimum atomic E-state index is -0.0311.